The van der Waals surface area contributed by atoms with Crippen LogP contribution in [0.5, 0.6) is 0 Å². The number of carbonyl (C=O) groups excluding carboxylic acids is 1. The maximum Gasteiger partial charge on any atom is 0.246 e. The Bertz CT molecular complexity index is 1360. The molecule has 5 rings (SSSR count). The molecule has 1 amide bonds. The summed E-state index contributed by atoms with van der Waals surface area (Å²) in [6, 6.07) is 13.3. The van der Waals surface area contributed by atoms with Crippen molar-refractivity contribution < 1.29 is 9.21 Å². The lowest BCUT2D eigenvalue weighted by Gasteiger charge is -2.30. The fraction of sp³-hybridized carbons (Fsp3) is 0.240. The Morgan fingerprint density at radius 3 is 2.84 bits per heavy atom. The first-order valence-corrected chi connectivity index (χ1v) is 10.5. The number of aryl methyl sites for hydroxylation is 1. The van der Waals surface area contributed by atoms with Gasteiger partial charge in [-0.25, -0.2) is 4.98 Å². The number of nitrogens with zero attached hydrogens (tertiary/aromatic N) is 2. The van der Waals surface area contributed by atoms with Crippen molar-refractivity contribution in [1.29, 1.82) is 0 Å². The Kier molecular flexibility index (Phi) is 4.90. The molecule has 2 aromatic heterocycles. The normalized spacial score (nSPS) is 15.3. The van der Waals surface area contributed by atoms with Crippen LogP contribution >= 0.6 is 0 Å². The van der Waals surface area contributed by atoms with Crippen molar-refractivity contribution in [1.82, 2.24) is 14.9 Å². The Labute approximate surface area is 179 Å². The van der Waals surface area contributed by atoms with E-state index in [2.05, 4.69) is 24.0 Å². The number of likely N-dealkylation sites (tertiary alicyclic amines) is 1. The Hall–Kier alpha value is -3.67. The molecular formula is C25H23N3O3. The zero-order valence-electron chi connectivity index (χ0n) is 17.3. The summed E-state index contributed by atoms with van der Waals surface area (Å²) in [4.78, 5) is 35.2. The second-order valence-corrected chi connectivity index (χ2v) is 8.09. The average molecular weight is 413 g/mol. The highest BCUT2D eigenvalue weighted by atomic mass is 16.3. The molecule has 2 aromatic carbocycles. The topological polar surface area (TPSA) is 79.2 Å². The minimum Gasteiger partial charge on any atom is -0.463 e. The van der Waals surface area contributed by atoms with E-state index in [1.54, 1.807) is 24.3 Å². The Balaban J connectivity index is 1.25. The molecule has 4 aromatic rings. The van der Waals surface area contributed by atoms with Crippen LogP contribution in [0.25, 0.3) is 28.1 Å². The van der Waals surface area contributed by atoms with Gasteiger partial charge >= 0.3 is 0 Å². The molecule has 3 heterocycles. The maximum absolute atomic E-state index is 12.7. The molecule has 0 saturated carbocycles. The number of hydrogen-bond acceptors (Lipinski definition) is 4. The summed E-state index contributed by atoms with van der Waals surface area (Å²) in [5.41, 5.74) is 4.03. The number of aromatic amines is 1. The van der Waals surface area contributed by atoms with Crippen molar-refractivity contribution in [2.45, 2.75) is 25.7 Å². The first-order chi connectivity index (χ1) is 15.1. The molecule has 0 bridgehead atoms. The monoisotopic (exact) mass is 413 g/mol. The largest absolute Gasteiger partial charge is 0.463 e. The predicted molar refractivity (Wildman–Crippen MR) is 121 cm³/mol. The minimum absolute atomic E-state index is 0.0914. The van der Waals surface area contributed by atoms with Crippen LogP contribution in [-0.2, 0) is 4.79 Å². The van der Waals surface area contributed by atoms with Crippen molar-refractivity contribution >= 4 is 34.0 Å². The number of carbonyl (C=O) groups is 1. The fourth-order valence-corrected chi connectivity index (χ4v) is 4.18. The lowest BCUT2D eigenvalue weighted by molar-refractivity contribution is -0.127. The number of benzene rings is 2. The standard InChI is InChI=1S/C25H23N3O3/c1-16-6-8-20-21(14-16)27-25(26-20)17-10-12-28(13-11-17)23(29)9-7-18-15-31-22-5-3-2-4-19(22)24(18)30/h2-9,14-15,17H,10-13H2,1H3,(H,26,27)/b9-7+. The van der Waals surface area contributed by atoms with E-state index in [4.69, 9.17) is 9.40 Å². The number of amides is 1. The Morgan fingerprint density at radius 1 is 1.19 bits per heavy atom. The third-order valence-electron chi connectivity index (χ3n) is 5.96. The van der Waals surface area contributed by atoms with E-state index in [9.17, 15) is 9.59 Å². The third-order valence-corrected chi connectivity index (χ3v) is 5.96. The molecule has 0 unspecified atom stereocenters. The number of nitrogens with one attached hydrogen (secondary N) is 1. The second-order valence-electron chi connectivity index (χ2n) is 8.09. The van der Waals surface area contributed by atoms with Crippen molar-refractivity contribution in [3.05, 3.63) is 82.0 Å². The minimum atomic E-state index is -0.135. The lowest BCUT2D eigenvalue weighted by Crippen LogP contribution is -2.37. The van der Waals surface area contributed by atoms with Crippen molar-refractivity contribution in [2.75, 3.05) is 13.1 Å². The van der Waals surface area contributed by atoms with E-state index in [0.29, 0.717) is 35.5 Å². The Morgan fingerprint density at radius 2 is 2.00 bits per heavy atom. The number of hydrogen-bond donors (Lipinski definition) is 1. The number of rotatable bonds is 3. The first-order valence-electron chi connectivity index (χ1n) is 10.5. The molecule has 0 atom stereocenters. The van der Waals surface area contributed by atoms with Crippen LogP contribution in [-0.4, -0.2) is 33.9 Å². The molecule has 0 spiro atoms. The molecule has 1 fully saturated rings. The van der Waals surface area contributed by atoms with Crippen LogP contribution in [0.3, 0.4) is 0 Å². The van der Waals surface area contributed by atoms with Crippen LogP contribution in [0.2, 0.25) is 0 Å². The highest BCUT2D eigenvalue weighted by Gasteiger charge is 2.25. The van der Waals surface area contributed by atoms with Gasteiger partial charge in [0.1, 0.15) is 17.7 Å². The van der Waals surface area contributed by atoms with Gasteiger partial charge in [-0.3, -0.25) is 9.59 Å². The maximum atomic E-state index is 12.7. The molecule has 6 heteroatoms. The SMILES string of the molecule is Cc1ccc2nc(C3CCN(C(=O)/C=C/c4coc5ccccc5c4=O)CC3)[nH]c2c1. The van der Waals surface area contributed by atoms with Gasteiger partial charge in [-0.2, -0.15) is 0 Å². The molecular weight excluding hydrogens is 390 g/mol. The zero-order valence-corrected chi connectivity index (χ0v) is 17.3. The third kappa shape index (κ3) is 3.77. The summed E-state index contributed by atoms with van der Waals surface area (Å²) in [5, 5.41) is 0.513. The molecule has 0 aliphatic carbocycles. The highest BCUT2D eigenvalue weighted by molar-refractivity contribution is 5.92. The number of aromatic nitrogens is 2. The van der Waals surface area contributed by atoms with Gasteiger partial charge in [0, 0.05) is 25.1 Å². The van der Waals surface area contributed by atoms with Gasteiger partial charge in [-0.1, -0.05) is 18.2 Å². The molecule has 156 valence electrons. The van der Waals surface area contributed by atoms with E-state index in [1.165, 1.54) is 17.9 Å². The highest BCUT2D eigenvalue weighted by Crippen LogP contribution is 2.28. The smallest absolute Gasteiger partial charge is 0.246 e. The van der Waals surface area contributed by atoms with Crippen LogP contribution in [0, 0.1) is 6.92 Å². The number of imidazole rings is 1. The van der Waals surface area contributed by atoms with Crippen LogP contribution < -0.4 is 5.43 Å². The molecule has 1 aliphatic rings. The van der Waals surface area contributed by atoms with Crippen LogP contribution in [0.15, 0.2) is 64.0 Å². The number of fused-ring (bicyclic) bond motifs is 2. The number of para-hydroxylation sites is 1. The molecule has 1 aliphatic heterocycles. The fourth-order valence-electron chi connectivity index (χ4n) is 4.18. The summed E-state index contributed by atoms with van der Waals surface area (Å²) in [6.45, 7) is 3.39. The number of H-pyrrole nitrogens is 1. The summed E-state index contributed by atoms with van der Waals surface area (Å²) in [6.07, 6.45) is 6.14. The zero-order chi connectivity index (χ0) is 21.4. The molecule has 1 N–H and O–H groups in total. The van der Waals surface area contributed by atoms with Gasteiger partial charge in [-0.05, 0) is 55.7 Å². The van der Waals surface area contributed by atoms with Gasteiger partial charge in [0.05, 0.1) is 22.0 Å². The summed E-state index contributed by atoms with van der Waals surface area (Å²) >= 11 is 0. The van der Waals surface area contributed by atoms with Crippen LogP contribution in [0.1, 0.15) is 35.7 Å². The second kappa shape index (κ2) is 7.87. The van der Waals surface area contributed by atoms with Gasteiger partial charge in [0.15, 0.2) is 5.43 Å². The quantitative estimate of drug-likeness (QED) is 0.505. The summed E-state index contributed by atoms with van der Waals surface area (Å²) in [5.74, 6) is 1.22. The van der Waals surface area contributed by atoms with E-state index < -0.39 is 0 Å². The lowest BCUT2D eigenvalue weighted by atomic mass is 9.96. The van der Waals surface area contributed by atoms with Crippen molar-refractivity contribution in [2.24, 2.45) is 0 Å². The van der Waals surface area contributed by atoms with E-state index in [-0.39, 0.29) is 11.3 Å². The van der Waals surface area contributed by atoms with Gasteiger partial charge < -0.3 is 14.3 Å². The summed E-state index contributed by atoms with van der Waals surface area (Å²) in [7, 11) is 0. The number of piperidine rings is 1. The van der Waals surface area contributed by atoms with E-state index >= 15 is 0 Å². The van der Waals surface area contributed by atoms with E-state index in [0.717, 1.165) is 29.7 Å². The molecule has 6 nitrogen and oxygen atoms in total. The van der Waals surface area contributed by atoms with Gasteiger partial charge in [0.25, 0.3) is 0 Å². The molecule has 31 heavy (non-hydrogen) atoms. The van der Waals surface area contributed by atoms with Crippen LogP contribution in [0.4, 0.5) is 0 Å². The van der Waals surface area contributed by atoms with E-state index in [1.807, 2.05) is 17.0 Å². The molecule has 1 saturated heterocycles. The summed E-state index contributed by atoms with van der Waals surface area (Å²) < 4.78 is 5.51. The van der Waals surface area contributed by atoms with Crippen molar-refractivity contribution in [3.8, 4) is 0 Å². The first kappa shape index (κ1) is 19.3. The van der Waals surface area contributed by atoms with Gasteiger partial charge in [0.2, 0.25) is 5.91 Å². The van der Waals surface area contributed by atoms with Crippen molar-refractivity contribution in [3.63, 3.8) is 0 Å². The average Bonchev–Trinajstić information content (AvgIpc) is 3.22. The van der Waals surface area contributed by atoms with Gasteiger partial charge in [-0.15, -0.1) is 0 Å². The molecule has 0 radical (unpaired) electrons. The predicted octanol–water partition coefficient (Wildman–Crippen LogP) is 4.40.